The lowest BCUT2D eigenvalue weighted by atomic mass is 9.79. The second-order valence-corrected chi connectivity index (χ2v) is 5.63. The SMILES string of the molecule is CCC(CC)CC1CCCCCC1CNC. The first-order valence-corrected chi connectivity index (χ1v) is 7.46. The summed E-state index contributed by atoms with van der Waals surface area (Å²) in [5.41, 5.74) is 0. The zero-order chi connectivity index (χ0) is 11.8. The van der Waals surface area contributed by atoms with Gasteiger partial charge in [0.1, 0.15) is 0 Å². The summed E-state index contributed by atoms with van der Waals surface area (Å²) in [5.74, 6) is 2.93. The summed E-state index contributed by atoms with van der Waals surface area (Å²) in [6.07, 6.45) is 11.6. The van der Waals surface area contributed by atoms with E-state index >= 15 is 0 Å². The maximum atomic E-state index is 3.40. The summed E-state index contributed by atoms with van der Waals surface area (Å²) in [6.45, 7) is 5.96. The van der Waals surface area contributed by atoms with Gasteiger partial charge in [-0.3, -0.25) is 0 Å². The molecule has 1 N–H and O–H groups in total. The predicted octanol–water partition coefficient (Wildman–Crippen LogP) is 4.23. The zero-order valence-corrected chi connectivity index (χ0v) is 11.6. The van der Waals surface area contributed by atoms with Crippen molar-refractivity contribution in [2.75, 3.05) is 13.6 Å². The number of rotatable bonds is 6. The third-order valence-electron chi connectivity index (χ3n) is 4.57. The van der Waals surface area contributed by atoms with E-state index in [1.807, 2.05) is 0 Å². The minimum Gasteiger partial charge on any atom is -0.319 e. The Hall–Kier alpha value is -0.0400. The molecule has 0 aliphatic heterocycles. The van der Waals surface area contributed by atoms with Gasteiger partial charge in [-0.25, -0.2) is 0 Å². The van der Waals surface area contributed by atoms with Gasteiger partial charge in [0.15, 0.2) is 0 Å². The van der Waals surface area contributed by atoms with Gasteiger partial charge in [-0.05, 0) is 44.2 Å². The van der Waals surface area contributed by atoms with Crippen LogP contribution in [-0.4, -0.2) is 13.6 Å². The molecule has 1 rings (SSSR count). The monoisotopic (exact) mass is 225 g/mol. The minimum absolute atomic E-state index is 0.952. The third kappa shape index (κ3) is 4.45. The normalized spacial score (nSPS) is 27.0. The first kappa shape index (κ1) is 14.0. The average Bonchev–Trinajstić information content (AvgIpc) is 2.52. The number of hydrogen-bond acceptors (Lipinski definition) is 1. The van der Waals surface area contributed by atoms with Crippen LogP contribution in [0.15, 0.2) is 0 Å². The highest BCUT2D eigenvalue weighted by Gasteiger charge is 2.24. The molecular formula is C15H31N. The van der Waals surface area contributed by atoms with Gasteiger partial charge in [-0.1, -0.05) is 52.4 Å². The first-order chi connectivity index (χ1) is 7.81. The van der Waals surface area contributed by atoms with Crippen LogP contribution in [0.4, 0.5) is 0 Å². The van der Waals surface area contributed by atoms with Gasteiger partial charge in [0, 0.05) is 0 Å². The second kappa shape index (κ2) is 8.11. The lowest BCUT2D eigenvalue weighted by molar-refractivity contribution is 0.241. The maximum absolute atomic E-state index is 3.40. The van der Waals surface area contributed by atoms with E-state index < -0.39 is 0 Å². The lowest BCUT2D eigenvalue weighted by Crippen LogP contribution is -2.26. The molecule has 2 atom stereocenters. The van der Waals surface area contributed by atoms with E-state index in [4.69, 9.17) is 0 Å². The van der Waals surface area contributed by atoms with Gasteiger partial charge in [0.2, 0.25) is 0 Å². The Morgan fingerprint density at radius 2 is 1.62 bits per heavy atom. The molecule has 0 heterocycles. The highest BCUT2D eigenvalue weighted by Crippen LogP contribution is 2.34. The van der Waals surface area contributed by atoms with Crippen LogP contribution < -0.4 is 5.32 Å². The minimum atomic E-state index is 0.952. The number of hydrogen-bond donors (Lipinski definition) is 1. The average molecular weight is 225 g/mol. The Kier molecular flexibility index (Phi) is 7.11. The third-order valence-corrected chi connectivity index (χ3v) is 4.57. The van der Waals surface area contributed by atoms with Gasteiger partial charge in [-0.2, -0.15) is 0 Å². The van der Waals surface area contributed by atoms with Gasteiger partial charge in [0.05, 0.1) is 0 Å². The van der Waals surface area contributed by atoms with Crippen molar-refractivity contribution >= 4 is 0 Å². The topological polar surface area (TPSA) is 12.0 Å². The van der Waals surface area contributed by atoms with E-state index in [0.717, 1.165) is 17.8 Å². The van der Waals surface area contributed by atoms with Crippen molar-refractivity contribution in [3.8, 4) is 0 Å². The first-order valence-electron chi connectivity index (χ1n) is 7.46. The standard InChI is InChI=1S/C15H31N/c1-4-13(5-2)11-14-9-7-6-8-10-15(14)12-16-3/h13-16H,4-12H2,1-3H3. The molecule has 1 heteroatoms. The van der Waals surface area contributed by atoms with Crippen LogP contribution in [0.5, 0.6) is 0 Å². The molecule has 1 aliphatic rings. The van der Waals surface area contributed by atoms with E-state index in [-0.39, 0.29) is 0 Å². The molecule has 0 saturated heterocycles. The molecule has 0 amide bonds. The molecule has 2 unspecified atom stereocenters. The van der Waals surface area contributed by atoms with Crippen molar-refractivity contribution in [3.63, 3.8) is 0 Å². The van der Waals surface area contributed by atoms with Crippen LogP contribution in [-0.2, 0) is 0 Å². The van der Waals surface area contributed by atoms with Crippen molar-refractivity contribution < 1.29 is 0 Å². The summed E-state index contributed by atoms with van der Waals surface area (Å²) in [4.78, 5) is 0. The Bertz CT molecular complexity index is 163. The zero-order valence-electron chi connectivity index (χ0n) is 11.6. The van der Waals surface area contributed by atoms with Gasteiger partial charge in [-0.15, -0.1) is 0 Å². The van der Waals surface area contributed by atoms with Crippen molar-refractivity contribution in [3.05, 3.63) is 0 Å². The fraction of sp³-hybridized carbons (Fsp3) is 1.00. The fourth-order valence-electron chi connectivity index (χ4n) is 3.35. The van der Waals surface area contributed by atoms with Gasteiger partial charge >= 0.3 is 0 Å². The van der Waals surface area contributed by atoms with Crippen LogP contribution in [0.25, 0.3) is 0 Å². The molecule has 0 bridgehead atoms. The Labute approximate surface area is 102 Å². The largest absolute Gasteiger partial charge is 0.319 e. The highest BCUT2D eigenvalue weighted by molar-refractivity contribution is 4.77. The molecule has 1 aliphatic carbocycles. The molecule has 0 aromatic carbocycles. The molecule has 0 aromatic rings. The van der Waals surface area contributed by atoms with Crippen molar-refractivity contribution in [2.45, 2.75) is 65.2 Å². The van der Waals surface area contributed by atoms with E-state index in [1.165, 1.54) is 57.9 Å². The van der Waals surface area contributed by atoms with Crippen molar-refractivity contribution in [1.29, 1.82) is 0 Å². The van der Waals surface area contributed by atoms with Crippen LogP contribution in [0.1, 0.15) is 65.2 Å². The molecular weight excluding hydrogens is 194 g/mol. The molecule has 16 heavy (non-hydrogen) atoms. The van der Waals surface area contributed by atoms with Crippen LogP contribution in [0.3, 0.4) is 0 Å². The predicted molar refractivity (Wildman–Crippen MR) is 72.7 cm³/mol. The van der Waals surface area contributed by atoms with Gasteiger partial charge in [0.25, 0.3) is 0 Å². The molecule has 1 nitrogen and oxygen atoms in total. The van der Waals surface area contributed by atoms with E-state index in [9.17, 15) is 0 Å². The summed E-state index contributed by atoms with van der Waals surface area (Å²) < 4.78 is 0. The van der Waals surface area contributed by atoms with E-state index in [0.29, 0.717) is 0 Å². The van der Waals surface area contributed by atoms with Crippen LogP contribution in [0, 0.1) is 17.8 Å². The smallest absolute Gasteiger partial charge is 0.00209 e. The Morgan fingerprint density at radius 3 is 2.19 bits per heavy atom. The highest BCUT2D eigenvalue weighted by atomic mass is 14.8. The molecule has 1 fully saturated rings. The fourth-order valence-corrected chi connectivity index (χ4v) is 3.35. The molecule has 96 valence electrons. The lowest BCUT2D eigenvalue weighted by Gasteiger charge is -2.28. The summed E-state index contributed by atoms with van der Waals surface area (Å²) >= 11 is 0. The molecule has 0 aromatic heterocycles. The van der Waals surface area contributed by atoms with Gasteiger partial charge < -0.3 is 5.32 Å². The summed E-state index contributed by atoms with van der Waals surface area (Å²) in [6, 6.07) is 0. The Morgan fingerprint density at radius 1 is 1.00 bits per heavy atom. The second-order valence-electron chi connectivity index (χ2n) is 5.63. The van der Waals surface area contributed by atoms with Crippen LogP contribution >= 0.6 is 0 Å². The Balaban J connectivity index is 2.49. The molecule has 0 radical (unpaired) electrons. The molecule has 1 saturated carbocycles. The molecule has 0 spiro atoms. The quantitative estimate of drug-likeness (QED) is 0.667. The summed E-state index contributed by atoms with van der Waals surface area (Å²) in [7, 11) is 2.11. The van der Waals surface area contributed by atoms with Crippen molar-refractivity contribution in [1.82, 2.24) is 5.32 Å². The summed E-state index contributed by atoms with van der Waals surface area (Å²) in [5, 5.41) is 3.40. The maximum Gasteiger partial charge on any atom is -0.00209 e. The van der Waals surface area contributed by atoms with E-state index in [2.05, 4.69) is 26.2 Å². The van der Waals surface area contributed by atoms with E-state index in [1.54, 1.807) is 0 Å². The number of nitrogens with one attached hydrogen (secondary N) is 1. The van der Waals surface area contributed by atoms with Crippen LogP contribution in [0.2, 0.25) is 0 Å². The van der Waals surface area contributed by atoms with Crippen molar-refractivity contribution in [2.24, 2.45) is 17.8 Å².